The van der Waals surface area contributed by atoms with Crippen LogP contribution in [-0.2, 0) is 4.74 Å². The lowest BCUT2D eigenvalue weighted by molar-refractivity contribution is -0.368. The molecule has 0 saturated heterocycles. The number of carbonyl (C=O) groups is 1. The van der Waals surface area contributed by atoms with Crippen LogP contribution in [0.2, 0.25) is 0 Å². The maximum Gasteiger partial charge on any atom is 0.410 e. The van der Waals surface area contributed by atoms with Gasteiger partial charge in [0.1, 0.15) is 6.10 Å². The molecule has 0 bridgehead atoms. The Morgan fingerprint density at radius 3 is 2.28 bits per heavy atom. The molecule has 5 nitrogen and oxygen atoms in total. The van der Waals surface area contributed by atoms with Crippen LogP contribution in [0.3, 0.4) is 0 Å². The highest BCUT2D eigenvalue weighted by atomic mass is 16.6. The van der Waals surface area contributed by atoms with Gasteiger partial charge in [0.05, 0.1) is 13.1 Å². The molecule has 4 rings (SSSR count). The Bertz CT molecular complexity index is 965. The molecule has 4 aliphatic carbocycles. The highest BCUT2D eigenvalue weighted by molar-refractivity contribution is 5.67. The van der Waals surface area contributed by atoms with Crippen molar-refractivity contribution in [1.29, 1.82) is 0 Å². The first-order valence-corrected chi connectivity index (χ1v) is 20.3. The van der Waals surface area contributed by atoms with Gasteiger partial charge in [-0.15, -0.1) is 0 Å². The molecule has 4 aliphatic rings. The number of unbranched alkanes of at least 4 members (excludes halogenated alkanes) is 5. The predicted octanol–water partition coefficient (Wildman–Crippen LogP) is 8.69. The quantitative estimate of drug-likeness (QED) is 0.116. The predicted molar refractivity (Wildman–Crippen MR) is 192 cm³/mol. The van der Waals surface area contributed by atoms with E-state index in [-0.39, 0.29) is 12.2 Å². The summed E-state index contributed by atoms with van der Waals surface area (Å²) in [6.45, 7) is 18.7. The van der Waals surface area contributed by atoms with Crippen LogP contribution in [0.25, 0.3) is 0 Å². The molecule has 266 valence electrons. The largest absolute Gasteiger partial charge is 0.446 e. The molecule has 9 atom stereocenters. The maximum atomic E-state index is 13.4. The second-order valence-corrected chi connectivity index (χ2v) is 17.4. The third-order valence-electron chi connectivity index (χ3n) is 14.4. The third-order valence-corrected chi connectivity index (χ3v) is 14.4. The van der Waals surface area contributed by atoms with Gasteiger partial charge in [0.2, 0.25) is 0 Å². The fraction of sp³-hybridized carbons (Fsp3) is 0.927. The molecule has 0 aromatic rings. The summed E-state index contributed by atoms with van der Waals surface area (Å²) < 4.78 is 6.30. The lowest BCUT2D eigenvalue weighted by atomic mass is 9.47. The molecule has 3 fully saturated rings. The van der Waals surface area contributed by atoms with Crippen molar-refractivity contribution in [2.75, 3.05) is 26.2 Å². The fourth-order valence-corrected chi connectivity index (χ4v) is 11.4. The summed E-state index contributed by atoms with van der Waals surface area (Å²) in [7, 11) is 0. The first-order valence-electron chi connectivity index (χ1n) is 20.3. The summed E-state index contributed by atoms with van der Waals surface area (Å²) >= 11 is 0. The van der Waals surface area contributed by atoms with E-state index < -0.39 is 0 Å². The van der Waals surface area contributed by atoms with Crippen LogP contribution in [-0.4, -0.2) is 43.3 Å². The van der Waals surface area contributed by atoms with Gasteiger partial charge in [-0.3, -0.25) is 0 Å². The van der Waals surface area contributed by atoms with E-state index in [1.165, 1.54) is 89.9 Å². The Balaban J connectivity index is 1.33. The number of quaternary nitrogens is 2. The number of fused-ring (bicyclic) bond motifs is 5. The summed E-state index contributed by atoms with van der Waals surface area (Å²) in [6, 6.07) is 0. The fourth-order valence-electron chi connectivity index (χ4n) is 11.4. The average molecular weight is 644 g/mol. The molecule has 0 unspecified atom stereocenters. The Labute approximate surface area is 284 Å². The van der Waals surface area contributed by atoms with Crippen LogP contribution >= 0.6 is 0 Å². The van der Waals surface area contributed by atoms with Crippen LogP contribution in [0, 0.1) is 52.3 Å². The molecule has 0 spiro atoms. The first-order chi connectivity index (χ1) is 22.1. The van der Waals surface area contributed by atoms with Crippen LogP contribution in [0.1, 0.15) is 157 Å². The molecule has 0 radical (unpaired) electrons. The molecule has 46 heavy (non-hydrogen) atoms. The van der Waals surface area contributed by atoms with E-state index in [4.69, 9.17) is 4.74 Å². The van der Waals surface area contributed by atoms with Gasteiger partial charge in [-0.05, 0) is 123 Å². The smallest absolute Gasteiger partial charge is 0.410 e. The average Bonchev–Trinajstić information content (AvgIpc) is 3.39. The molecular formula is C41H77N3O2+2. The zero-order valence-electron chi connectivity index (χ0n) is 31.4. The highest BCUT2D eigenvalue weighted by Gasteiger charge is 2.59. The van der Waals surface area contributed by atoms with Crippen molar-refractivity contribution in [2.45, 2.75) is 163 Å². The number of hydrogen-bond acceptors (Lipinski definition) is 2. The number of amides is 1. The van der Waals surface area contributed by atoms with Crippen LogP contribution in [0.5, 0.6) is 0 Å². The zero-order chi connectivity index (χ0) is 33.3. The summed E-state index contributed by atoms with van der Waals surface area (Å²) in [6.07, 6.45) is 25.2. The van der Waals surface area contributed by atoms with Gasteiger partial charge in [-0.2, -0.15) is 0 Å². The number of allylic oxidation sites excluding steroid dienone is 1. The Kier molecular flexibility index (Phi) is 14.4. The molecule has 6 N–H and O–H groups in total. The van der Waals surface area contributed by atoms with E-state index in [9.17, 15) is 4.79 Å². The van der Waals surface area contributed by atoms with Crippen LogP contribution in [0.4, 0.5) is 4.79 Å². The van der Waals surface area contributed by atoms with Crippen LogP contribution in [0.15, 0.2) is 11.6 Å². The summed E-state index contributed by atoms with van der Waals surface area (Å²) in [4.78, 5) is 15.4. The van der Waals surface area contributed by atoms with Crippen molar-refractivity contribution in [1.82, 2.24) is 4.90 Å². The van der Waals surface area contributed by atoms with Crippen molar-refractivity contribution >= 4 is 6.09 Å². The standard InChI is InChI=1S/C41H75N3O2/c1-7-32(30(2)3)16-15-31(4)36-19-20-37-35-18-17-33-29-34(21-23-40(33,5)38(35)22-24-41(36,37)6)46-39(45)44(28-14-26-43)27-13-11-9-8-10-12-25-42/h17,30-32,34-38H,7-16,18-29,42-43H2,1-6H3/p+2/t31-,32-,34+,35+,36-,37+,38+,40+,41-/m1/s1. The summed E-state index contributed by atoms with van der Waals surface area (Å²) in [5.74, 6) is 6.00. The van der Waals surface area contributed by atoms with Gasteiger partial charge < -0.3 is 21.1 Å². The normalized spacial score (nSPS) is 33.5. The van der Waals surface area contributed by atoms with Crippen molar-refractivity contribution < 1.29 is 21.0 Å². The van der Waals surface area contributed by atoms with E-state index in [2.05, 4.69) is 59.1 Å². The van der Waals surface area contributed by atoms with Crippen molar-refractivity contribution in [3.05, 3.63) is 11.6 Å². The van der Waals surface area contributed by atoms with Crippen molar-refractivity contribution in [3.63, 3.8) is 0 Å². The van der Waals surface area contributed by atoms with Gasteiger partial charge in [-0.25, -0.2) is 4.79 Å². The number of rotatable bonds is 18. The molecule has 0 aromatic carbocycles. The van der Waals surface area contributed by atoms with Crippen molar-refractivity contribution in [2.24, 2.45) is 52.3 Å². The van der Waals surface area contributed by atoms with Gasteiger partial charge in [-0.1, -0.05) is 85.3 Å². The van der Waals surface area contributed by atoms with E-state index in [0.29, 0.717) is 10.8 Å². The van der Waals surface area contributed by atoms with Gasteiger partial charge in [0.25, 0.3) is 0 Å². The Morgan fingerprint density at radius 1 is 0.891 bits per heavy atom. The topological polar surface area (TPSA) is 84.8 Å². The number of hydrogen-bond donors (Lipinski definition) is 2. The highest BCUT2D eigenvalue weighted by Crippen LogP contribution is 2.67. The lowest BCUT2D eigenvalue weighted by Crippen LogP contribution is -2.52. The first kappa shape index (κ1) is 37.7. The molecular weight excluding hydrogens is 566 g/mol. The summed E-state index contributed by atoms with van der Waals surface area (Å²) in [5, 5.41) is 0. The number of ether oxygens (including phenoxy) is 1. The third kappa shape index (κ3) is 8.74. The zero-order valence-corrected chi connectivity index (χ0v) is 31.4. The minimum Gasteiger partial charge on any atom is -0.446 e. The SMILES string of the molecule is CC[C@H](CC[C@@H](C)[C@H]1CC[C@H]2[C@@H]3CC=C4C[C@@H](OC(=O)N(CCC[NH3+])CCCCCCCC[NH3+])CC[C@]4(C)[C@H]3CC[C@]12C)C(C)C. The maximum absolute atomic E-state index is 13.4. The molecule has 0 heterocycles. The number of carbonyl (C=O) groups excluding carboxylic acids is 1. The second-order valence-electron chi connectivity index (χ2n) is 17.4. The van der Waals surface area contributed by atoms with E-state index in [1.807, 2.05) is 4.90 Å². The van der Waals surface area contributed by atoms with E-state index >= 15 is 0 Å². The number of nitrogens with zero attached hydrogens (tertiary/aromatic N) is 1. The van der Waals surface area contributed by atoms with Crippen LogP contribution < -0.4 is 11.5 Å². The Hall–Kier alpha value is -1.07. The molecule has 0 aromatic heterocycles. The lowest BCUT2D eigenvalue weighted by Gasteiger charge is -2.58. The van der Waals surface area contributed by atoms with E-state index in [1.54, 1.807) is 5.57 Å². The van der Waals surface area contributed by atoms with Gasteiger partial charge in [0, 0.05) is 25.9 Å². The molecule has 5 heteroatoms. The molecule has 3 saturated carbocycles. The molecule has 0 aliphatic heterocycles. The minimum atomic E-state index is -0.0772. The monoisotopic (exact) mass is 644 g/mol. The van der Waals surface area contributed by atoms with Crippen molar-refractivity contribution in [3.8, 4) is 0 Å². The second kappa shape index (κ2) is 17.5. The van der Waals surface area contributed by atoms with Gasteiger partial charge in [0.15, 0.2) is 0 Å². The Morgan fingerprint density at radius 2 is 1.59 bits per heavy atom. The summed E-state index contributed by atoms with van der Waals surface area (Å²) in [5.41, 5.74) is 10.4. The molecule has 1 amide bonds. The van der Waals surface area contributed by atoms with E-state index in [0.717, 1.165) is 93.3 Å². The van der Waals surface area contributed by atoms with Gasteiger partial charge >= 0.3 is 6.09 Å². The minimum absolute atomic E-state index is 0.0385.